The standard InChI is InChI=1S/C33H59N/c1-3-5-7-9-11-13-28-15-19-30(20-16-28)31-23-25-33(27-34,26-24-31)32-21-17-29(18-22-32)14-12-10-8-6-4-2/h28-32H,3-26H2,1-2H3. The molecule has 1 nitrogen and oxygen atoms in total. The van der Waals surface area contributed by atoms with Crippen molar-refractivity contribution < 1.29 is 0 Å². The average molecular weight is 470 g/mol. The predicted octanol–water partition coefficient (Wildman–Crippen LogP) is 11.0. The quantitative estimate of drug-likeness (QED) is 0.232. The first kappa shape index (κ1) is 28.1. The third-order valence-electron chi connectivity index (χ3n) is 10.8. The van der Waals surface area contributed by atoms with Crippen molar-refractivity contribution in [2.75, 3.05) is 0 Å². The predicted molar refractivity (Wildman–Crippen MR) is 148 cm³/mol. The molecule has 0 N–H and O–H groups in total. The third-order valence-corrected chi connectivity index (χ3v) is 10.8. The minimum atomic E-state index is 0.0400. The molecule has 0 radical (unpaired) electrons. The molecule has 3 aliphatic carbocycles. The summed E-state index contributed by atoms with van der Waals surface area (Å²) in [6, 6.07) is 2.94. The lowest BCUT2D eigenvalue weighted by atomic mass is 9.57. The molecule has 34 heavy (non-hydrogen) atoms. The molecule has 0 spiro atoms. The van der Waals surface area contributed by atoms with E-state index >= 15 is 0 Å². The summed E-state index contributed by atoms with van der Waals surface area (Å²) in [5, 5.41) is 10.3. The SMILES string of the molecule is CCCCCCCC1CCC(C2CCC(C#N)(C3CCC(CCCCCCC)CC3)CC2)CC1. The van der Waals surface area contributed by atoms with Gasteiger partial charge in [0, 0.05) is 0 Å². The molecule has 3 aliphatic rings. The van der Waals surface area contributed by atoms with Crippen LogP contribution in [0.3, 0.4) is 0 Å². The number of hydrogen-bond donors (Lipinski definition) is 0. The minimum Gasteiger partial charge on any atom is -0.198 e. The van der Waals surface area contributed by atoms with Crippen molar-refractivity contribution in [2.24, 2.45) is 35.0 Å². The van der Waals surface area contributed by atoms with Crippen molar-refractivity contribution in [3.8, 4) is 6.07 Å². The molecule has 0 aromatic rings. The summed E-state index contributed by atoms with van der Waals surface area (Å²) >= 11 is 0. The fraction of sp³-hybridized carbons (Fsp3) is 0.970. The highest BCUT2D eigenvalue weighted by molar-refractivity contribution is 5.06. The Labute approximate surface area is 214 Å². The Morgan fingerprint density at radius 1 is 0.559 bits per heavy atom. The van der Waals surface area contributed by atoms with Gasteiger partial charge in [-0.05, 0) is 81.0 Å². The highest BCUT2D eigenvalue weighted by atomic mass is 14.5. The molecule has 3 fully saturated rings. The van der Waals surface area contributed by atoms with Gasteiger partial charge in [-0.2, -0.15) is 5.26 Å². The Hall–Kier alpha value is -0.510. The van der Waals surface area contributed by atoms with E-state index in [9.17, 15) is 5.26 Å². The number of nitrogens with zero attached hydrogens (tertiary/aromatic N) is 1. The van der Waals surface area contributed by atoms with Crippen molar-refractivity contribution in [2.45, 2.75) is 168 Å². The van der Waals surface area contributed by atoms with Gasteiger partial charge in [-0.1, -0.05) is 117 Å². The second-order valence-corrected chi connectivity index (χ2v) is 13.0. The monoisotopic (exact) mass is 469 g/mol. The molecule has 3 saturated carbocycles. The Morgan fingerprint density at radius 3 is 1.47 bits per heavy atom. The van der Waals surface area contributed by atoms with Crippen LogP contribution in [0.4, 0.5) is 0 Å². The fourth-order valence-electron chi connectivity index (χ4n) is 8.26. The first-order valence-electron chi connectivity index (χ1n) is 16.1. The van der Waals surface area contributed by atoms with E-state index < -0.39 is 0 Å². The van der Waals surface area contributed by atoms with Gasteiger partial charge in [0.1, 0.15) is 0 Å². The zero-order valence-corrected chi connectivity index (χ0v) is 23.3. The van der Waals surface area contributed by atoms with E-state index in [-0.39, 0.29) is 5.41 Å². The normalized spacial score (nSPS) is 34.6. The highest BCUT2D eigenvalue weighted by Gasteiger charge is 2.44. The van der Waals surface area contributed by atoms with Crippen LogP contribution in [-0.2, 0) is 0 Å². The van der Waals surface area contributed by atoms with Gasteiger partial charge in [0.05, 0.1) is 11.5 Å². The van der Waals surface area contributed by atoms with Crippen molar-refractivity contribution >= 4 is 0 Å². The molecule has 0 aromatic heterocycles. The van der Waals surface area contributed by atoms with Crippen LogP contribution in [0.25, 0.3) is 0 Å². The Kier molecular flexibility index (Phi) is 12.9. The van der Waals surface area contributed by atoms with Crippen molar-refractivity contribution in [3.63, 3.8) is 0 Å². The van der Waals surface area contributed by atoms with E-state index in [0.29, 0.717) is 5.92 Å². The molecule has 0 saturated heterocycles. The topological polar surface area (TPSA) is 23.8 Å². The van der Waals surface area contributed by atoms with Gasteiger partial charge in [-0.15, -0.1) is 0 Å². The second kappa shape index (κ2) is 15.6. The molecule has 0 aromatic carbocycles. The van der Waals surface area contributed by atoms with Crippen LogP contribution < -0.4 is 0 Å². The van der Waals surface area contributed by atoms with Gasteiger partial charge in [0.25, 0.3) is 0 Å². The largest absolute Gasteiger partial charge is 0.198 e. The lowest BCUT2D eigenvalue weighted by Gasteiger charge is -2.46. The van der Waals surface area contributed by atoms with E-state index in [1.54, 1.807) is 0 Å². The number of nitriles is 1. The summed E-state index contributed by atoms with van der Waals surface area (Å²) in [6.07, 6.45) is 33.9. The fourth-order valence-corrected chi connectivity index (χ4v) is 8.26. The summed E-state index contributed by atoms with van der Waals surface area (Å²) in [5.41, 5.74) is 0.0400. The van der Waals surface area contributed by atoms with E-state index in [4.69, 9.17) is 0 Å². The highest BCUT2D eigenvalue weighted by Crippen LogP contribution is 2.53. The number of rotatable bonds is 14. The number of unbranched alkanes of at least 4 members (excludes halogenated alkanes) is 8. The molecule has 0 unspecified atom stereocenters. The molecule has 0 heterocycles. The van der Waals surface area contributed by atoms with Crippen LogP contribution in [0, 0.1) is 46.3 Å². The Bertz CT molecular complexity index is 550. The van der Waals surface area contributed by atoms with E-state index in [1.165, 1.54) is 154 Å². The van der Waals surface area contributed by atoms with Crippen molar-refractivity contribution in [1.29, 1.82) is 5.26 Å². The van der Waals surface area contributed by atoms with Gasteiger partial charge >= 0.3 is 0 Å². The van der Waals surface area contributed by atoms with Crippen LogP contribution >= 0.6 is 0 Å². The molecule has 0 amide bonds. The first-order chi connectivity index (χ1) is 16.7. The van der Waals surface area contributed by atoms with E-state index in [0.717, 1.165) is 23.7 Å². The van der Waals surface area contributed by atoms with E-state index in [1.807, 2.05) is 0 Å². The van der Waals surface area contributed by atoms with Gasteiger partial charge in [0.15, 0.2) is 0 Å². The first-order valence-corrected chi connectivity index (χ1v) is 16.1. The van der Waals surface area contributed by atoms with Crippen LogP contribution in [0.1, 0.15) is 168 Å². The molecule has 0 bridgehead atoms. The maximum absolute atomic E-state index is 10.3. The molecule has 3 rings (SSSR count). The Morgan fingerprint density at radius 2 is 1.00 bits per heavy atom. The zero-order chi connectivity index (χ0) is 24.1. The number of hydrogen-bond acceptors (Lipinski definition) is 1. The van der Waals surface area contributed by atoms with Crippen LogP contribution in [-0.4, -0.2) is 0 Å². The minimum absolute atomic E-state index is 0.0400. The summed E-state index contributed by atoms with van der Waals surface area (Å²) < 4.78 is 0. The maximum atomic E-state index is 10.3. The molecule has 1 heteroatoms. The summed E-state index contributed by atoms with van der Waals surface area (Å²) in [4.78, 5) is 0. The van der Waals surface area contributed by atoms with Crippen molar-refractivity contribution in [1.82, 2.24) is 0 Å². The molecule has 0 aliphatic heterocycles. The van der Waals surface area contributed by atoms with Crippen molar-refractivity contribution in [3.05, 3.63) is 0 Å². The molecule has 196 valence electrons. The van der Waals surface area contributed by atoms with Gasteiger partial charge in [-0.25, -0.2) is 0 Å². The maximum Gasteiger partial charge on any atom is 0.0692 e. The van der Waals surface area contributed by atoms with Gasteiger partial charge in [-0.3, -0.25) is 0 Å². The summed E-state index contributed by atoms with van der Waals surface area (Å²) in [6.45, 7) is 4.62. The Balaban J connectivity index is 1.33. The molecule has 0 atom stereocenters. The molecular formula is C33H59N. The van der Waals surface area contributed by atoms with Crippen LogP contribution in [0.15, 0.2) is 0 Å². The lowest BCUT2D eigenvalue weighted by molar-refractivity contribution is 0.0601. The third kappa shape index (κ3) is 8.56. The van der Waals surface area contributed by atoms with Crippen LogP contribution in [0.2, 0.25) is 0 Å². The van der Waals surface area contributed by atoms with Gasteiger partial charge < -0.3 is 0 Å². The second-order valence-electron chi connectivity index (χ2n) is 13.0. The van der Waals surface area contributed by atoms with E-state index in [2.05, 4.69) is 19.9 Å². The van der Waals surface area contributed by atoms with Gasteiger partial charge in [0.2, 0.25) is 0 Å². The summed E-state index contributed by atoms with van der Waals surface area (Å²) in [7, 11) is 0. The lowest BCUT2D eigenvalue weighted by Crippen LogP contribution is -2.38. The smallest absolute Gasteiger partial charge is 0.0692 e. The summed E-state index contributed by atoms with van der Waals surface area (Å²) in [5.74, 6) is 4.62. The zero-order valence-electron chi connectivity index (χ0n) is 23.3. The molecular weight excluding hydrogens is 410 g/mol. The average Bonchev–Trinajstić information content (AvgIpc) is 2.89. The van der Waals surface area contributed by atoms with Crippen LogP contribution in [0.5, 0.6) is 0 Å².